The summed E-state index contributed by atoms with van der Waals surface area (Å²) in [5.41, 5.74) is 1.09. The Kier molecular flexibility index (Phi) is 5.83. The van der Waals surface area contributed by atoms with Crippen LogP contribution in [0.3, 0.4) is 0 Å². The molecule has 1 atom stereocenters. The highest BCUT2D eigenvalue weighted by molar-refractivity contribution is 7.92. The number of nitrogens with zero attached hydrogens (tertiary/aromatic N) is 3. The summed E-state index contributed by atoms with van der Waals surface area (Å²) in [5, 5.41) is 2.74. The Morgan fingerprint density at radius 3 is 2.48 bits per heavy atom. The standard InChI is InChI=1S/C19H23N5O4S/c1-12(2)24-11-14(10-17(24)25)18(26)22-15-4-6-16(7-5-15)29(27,28)23-19-20-9-8-13(3)21-19/h4-9,12,14H,10-11H2,1-3H3,(H,22,26)(H,20,21,23)/t14-/m0/s1. The third-order valence-electron chi connectivity index (χ3n) is 4.61. The second kappa shape index (κ2) is 8.16. The lowest BCUT2D eigenvalue weighted by Gasteiger charge is -2.20. The summed E-state index contributed by atoms with van der Waals surface area (Å²) >= 11 is 0. The van der Waals surface area contributed by atoms with Gasteiger partial charge in [-0.25, -0.2) is 23.1 Å². The van der Waals surface area contributed by atoms with Crippen molar-refractivity contribution in [2.45, 2.75) is 38.1 Å². The second-order valence-corrected chi connectivity index (χ2v) is 8.86. The van der Waals surface area contributed by atoms with Crippen molar-refractivity contribution in [2.75, 3.05) is 16.6 Å². The molecule has 0 spiro atoms. The molecule has 0 radical (unpaired) electrons. The molecule has 154 valence electrons. The van der Waals surface area contributed by atoms with Gasteiger partial charge in [-0.05, 0) is 51.1 Å². The zero-order valence-electron chi connectivity index (χ0n) is 16.4. The minimum absolute atomic E-state index is 0.0111. The molecule has 1 aromatic heterocycles. The fourth-order valence-electron chi connectivity index (χ4n) is 3.05. The predicted molar refractivity (Wildman–Crippen MR) is 108 cm³/mol. The number of sulfonamides is 1. The first-order chi connectivity index (χ1) is 13.7. The van der Waals surface area contributed by atoms with E-state index in [0.29, 0.717) is 17.9 Å². The van der Waals surface area contributed by atoms with Crippen molar-refractivity contribution >= 4 is 33.5 Å². The van der Waals surface area contributed by atoms with Gasteiger partial charge in [0.2, 0.25) is 17.8 Å². The first-order valence-corrected chi connectivity index (χ1v) is 10.7. The third kappa shape index (κ3) is 4.89. The number of carbonyl (C=O) groups is 2. The van der Waals surface area contributed by atoms with E-state index in [9.17, 15) is 18.0 Å². The maximum absolute atomic E-state index is 12.5. The number of aromatic nitrogens is 2. The number of likely N-dealkylation sites (tertiary alicyclic amines) is 1. The highest BCUT2D eigenvalue weighted by Crippen LogP contribution is 2.22. The van der Waals surface area contributed by atoms with E-state index in [1.54, 1.807) is 17.9 Å². The Morgan fingerprint density at radius 2 is 1.90 bits per heavy atom. The summed E-state index contributed by atoms with van der Waals surface area (Å²) in [4.78, 5) is 34.0. The molecule has 2 N–H and O–H groups in total. The number of anilines is 2. The number of aryl methyl sites for hydroxylation is 1. The van der Waals surface area contributed by atoms with Gasteiger partial charge in [0.1, 0.15) is 0 Å². The van der Waals surface area contributed by atoms with E-state index in [4.69, 9.17) is 0 Å². The number of hydrogen-bond acceptors (Lipinski definition) is 6. The van der Waals surface area contributed by atoms with Gasteiger partial charge in [0.05, 0.1) is 10.8 Å². The smallest absolute Gasteiger partial charge is 0.264 e. The Morgan fingerprint density at radius 1 is 1.21 bits per heavy atom. The first kappa shape index (κ1) is 20.7. The summed E-state index contributed by atoms with van der Waals surface area (Å²) in [7, 11) is -3.85. The van der Waals surface area contributed by atoms with Gasteiger partial charge in [-0.15, -0.1) is 0 Å². The minimum atomic E-state index is -3.85. The highest BCUT2D eigenvalue weighted by Gasteiger charge is 2.35. The topological polar surface area (TPSA) is 121 Å². The van der Waals surface area contributed by atoms with Crippen LogP contribution in [0, 0.1) is 12.8 Å². The molecular formula is C19H23N5O4S. The molecule has 0 bridgehead atoms. The van der Waals surface area contributed by atoms with Crippen molar-refractivity contribution in [3.8, 4) is 0 Å². The highest BCUT2D eigenvalue weighted by atomic mass is 32.2. The third-order valence-corrected chi connectivity index (χ3v) is 5.95. The predicted octanol–water partition coefficient (Wildman–Crippen LogP) is 1.78. The Bertz CT molecular complexity index is 1020. The fraction of sp³-hybridized carbons (Fsp3) is 0.368. The summed E-state index contributed by atoms with van der Waals surface area (Å²) < 4.78 is 27.3. The van der Waals surface area contributed by atoms with Crippen molar-refractivity contribution in [1.29, 1.82) is 0 Å². The molecule has 1 aliphatic heterocycles. The zero-order valence-corrected chi connectivity index (χ0v) is 17.2. The zero-order chi connectivity index (χ0) is 21.2. The monoisotopic (exact) mass is 417 g/mol. The van der Waals surface area contributed by atoms with E-state index >= 15 is 0 Å². The number of carbonyl (C=O) groups excluding carboxylic acids is 2. The number of amides is 2. The van der Waals surface area contributed by atoms with E-state index in [1.807, 2.05) is 13.8 Å². The second-order valence-electron chi connectivity index (χ2n) is 7.18. The van der Waals surface area contributed by atoms with Crippen molar-refractivity contribution in [2.24, 2.45) is 5.92 Å². The lowest BCUT2D eigenvalue weighted by molar-refractivity contribution is -0.129. The van der Waals surface area contributed by atoms with Gasteiger partial charge in [-0.2, -0.15) is 0 Å². The van der Waals surface area contributed by atoms with E-state index < -0.39 is 15.9 Å². The molecule has 1 aromatic carbocycles. The molecule has 10 heteroatoms. The quantitative estimate of drug-likeness (QED) is 0.739. The van der Waals surface area contributed by atoms with Gasteiger partial charge in [0.25, 0.3) is 10.0 Å². The molecule has 29 heavy (non-hydrogen) atoms. The Labute approximate surface area is 169 Å². The Balaban J connectivity index is 1.65. The largest absolute Gasteiger partial charge is 0.339 e. The molecule has 1 saturated heterocycles. The molecule has 0 saturated carbocycles. The number of nitrogens with one attached hydrogen (secondary N) is 2. The van der Waals surface area contributed by atoms with Crippen LogP contribution in [-0.2, 0) is 19.6 Å². The number of hydrogen-bond donors (Lipinski definition) is 2. The maximum atomic E-state index is 12.5. The first-order valence-electron chi connectivity index (χ1n) is 9.18. The van der Waals surface area contributed by atoms with Crippen molar-refractivity contribution in [1.82, 2.24) is 14.9 Å². The van der Waals surface area contributed by atoms with Crippen molar-refractivity contribution < 1.29 is 18.0 Å². The van der Waals surface area contributed by atoms with Gasteiger partial charge >= 0.3 is 0 Å². The molecule has 0 aliphatic carbocycles. The van der Waals surface area contributed by atoms with E-state index in [-0.39, 0.29) is 35.1 Å². The molecule has 9 nitrogen and oxygen atoms in total. The van der Waals surface area contributed by atoms with Crippen LogP contribution in [0.2, 0.25) is 0 Å². The molecule has 1 aliphatic rings. The van der Waals surface area contributed by atoms with E-state index in [2.05, 4.69) is 20.0 Å². The van der Waals surface area contributed by atoms with Crippen LogP contribution in [0.4, 0.5) is 11.6 Å². The minimum Gasteiger partial charge on any atom is -0.339 e. The van der Waals surface area contributed by atoms with Crippen LogP contribution in [0.5, 0.6) is 0 Å². The van der Waals surface area contributed by atoms with Crippen LogP contribution in [-0.4, -0.2) is 47.7 Å². The molecule has 2 aromatic rings. The number of benzene rings is 1. The van der Waals surface area contributed by atoms with Gasteiger partial charge < -0.3 is 10.2 Å². The van der Waals surface area contributed by atoms with Gasteiger partial charge in [-0.3, -0.25) is 9.59 Å². The molecule has 2 amide bonds. The van der Waals surface area contributed by atoms with Crippen LogP contribution < -0.4 is 10.0 Å². The fourth-order valence-corrected chi connectivity index (χ4v) is 4.00. The average molecular weight is 417 g/mol. The molecular weight excluding hydrogens is 394 g/mol. The average Bonchev–Trinajstić information content (AvgIpc) is 3.04. The summed E-state index contributed by atoms with van der Waals surface area (Å²) in [6.07, 6.45) is 1.64. The van der Waals surface area contributed by atoms with Gasteiger partial charge in [0.15, 0.2) is 0 Å². The van der Waals surface area contributed by atoms with Crippen molar-refractivity contribution in [3.05, 3.63) is 42.2 Å². The lowest BCUT2D eigenvalue weighted by atomic mass is 10.1. The number of rotatable bonds is 6. The van der Waals surface area contributed by atoms with Crippen LogP contribution in [0.1, 0.15) is 26.0 Å². The van der Waals surface area contributed by atoms with Crippen molar-refractivity contribution in [3.63, 3.8) is 0 Å². The normalized spacial score (nSPS) is 16.9. The Hall–Kier alpha value is -3.01. The van der Waals surface area contributed by atoms with Gasteiger partial charge in [-0.1, -0.05) is 0 Å². The van der Waals surface area contributed by atoms with Crippen LogP contribution >= 0.6 is 0 Å². The SMILES string of the molecule is Cc1ccnc(NS(=O)(=O)c2ccc(NC(=O)[C@H]3CC(=O)N(C(C)C)C3)cc2)n1. The summed E-state index contributed by atoms with van der Waals surface area (Å²) in [6.45, 7) is 5.94. The van der Waals surface area contributed by atoms with Crippen LogP contribution in [0.25, 0.3) is 0 Å². The van der Waals surface area contributed by atoms with Crippen LogP contribution in [0.15, 0.2) is 41.4 Å². The maximum Gasteiger partial charge on any atom is 0.264 e. The molecule has 3 rings (SSSR count). The molecule has 0 unspecified atom stereocenters. The van der Waals surface area contributed by atoms with E-state index in [0.717, 1.165) is 0 Å². The van der Waals surface area contributed by atoms with Gasteiger partial charge in [0, 0.05) is 36.6 Å². The summed E-state index contributed by atoms with van der Waals surface area (Å²) in [5.74, 6) is -0.731. The lowest BCUT2D eigenvalue weighted by Crippen LogP contribution is -2.33. The molecule has 2 heterocycles. The van der Waals surface area contributed by atoms with E-state index in [1.165, 1.54) is 30.5 Å². The summed E-state index contributed by atoms with van der Waals surface area (Å²) in [6, 6.07) is 7.48. The molecule has 1 fully saturated rings.